The fourth-order valence-electron chi connectivity index (χ4n) is 12.3. The molecule has 0 radical (unpaired) electrons. The third-order valence-corrected chi connectivity index (χ3v) is 19.7. The minimum absolute atomic E-state index is 0.0322. The van der Waals surface area contributed by atoms with Crippen molar-refractivity contribution in [3.05, 3.63) is 408 Å². The molecule has 0 aliphatic heterocycles. The lowest BCUT2D eigenvalue weighted by Gasteiger charge is -2.09. The monoisotopic (exact) mass is 1840 g/mol. The Bertz CT molecular complexity index is 7520. The molecule has 0 unspecified atom stereocenters. The molecule has 0 aliphatic carbocycles. The van der Waals surface area contributed by atoms with E-state index in [1.807, 2.05) is 185 Å². The van der Waals surface area contributed by atoms with Crippen LogP contribution in [-0.2, 0) is 24.0 Å². The van der Waals surface area contributed by atoms with Crippen molar-refractivity contribution in [3.8, 4) is 28.7 Å². The first-order valence-corrected chi connectivity index (χ1v) is 41.3. The van der Waals surface area contributed by atoms with Crippen molar-refractivity contribution in [1.82, 2.24) is 0 Å². The molecule has 678 valence electrons. The number of fused-ring (bicyclic) bond motifs is 5. The highest BCUT2D eigenvalue weighted by molar-refractivity contribution is 6.33. The van der Waals surface area contributed by atoms with Crippen LogP contribution in [0, 0.1) is 61.2 Å². The second kappa shape index (κ2) is 45.7. The maximum atomic E-state index is 12.0. The van der Waals surface area contributed by atoms with Gasteiger partial charge in [0.1, 0.15) is 34.1 Å². The number of non-ortho nitro benzene ring substituents is 3. The maximum Gasteiger partial charge on any atom is 0.338 e. The van der Waals surface area contributed by atoms with Crippen LogP contribution in [0.5, 0.6) is 28.7 Å². The fraction of sp³-hybridized carbons (Fsp3) is 0.0777. The molecule has 0 heterocycles. The van der Waals surface area contributed by atoms with E-state index in [0.717, 1.165) is 89.2 Å². The predicted molar refractivity (Wildman–Crippen MR) is 521 cm³/mol. The summed E-state index contributed by atoms with van der Waals surface area (Å²) in [5.74, 6) is -1.48. The van der Waals surface area contributed by atoms with Gasteiger partial charge in [0.25, 0.3) is 17.1 Å². The summed E-state index contributed by atoms with van der Waals surface area (Å²) in [4.78, 5) is 101. The van der Waals surface area contributed by atoms with Crippen LogP contribution in [0.4, 0.5) is 79.6 Å². The van der Waals surface area contributed by atoms with Gasteiger partial charge in [0.15, 0.2) is 34.4 Å². The van der Waals surface area contributed by atoms with E-state index >= 15 is 0 Å². The van der Waals surface area contributed by atoms with Crippen molar-refractivity contribution in [2.24, 2.45) is 51.1 Å². The van der Waals surface area contributed by atoms with Gasteiger partial charge in [0.05, 0.1) is 47.8 Å². The average Bonchev–Trinajstić information content (AvgIpc) is 0.812. The van der Waals surface area contributed by atoms with Gasteiger partial charge in [-0.1, -0.05) is 232 Å². The number of carbonyl (C=O) groups excluding carboxylic acids is 5. The quantitative estimate of drug-likeness (QED) is 0.0135. The molecular weight excluding hydrogens is 1760 g/mol. The number of halogens is 1. The number of benzene rings is 15. The molecule has 0 N–H and O–H groups in total. The number of aryl methyl sites for hydroxylation is 3. The number of ether oxygens (including phenoxy) is 5. The highest BCUT2D eigenvalue weighted by Gasteiger charge is 2.24. The highest BCUT2D eigenvalue weighted by Crippen LogP contribution is 2.45. The first-order valence-electron chi connectivity index (χ1n) is 40.9. The second-order valence-corrected chi connectivity index (χ2v) is 30.4. The Morgan fingerprint density at radius 1 is 0.272 bits per heavy atom. The Hall–Kier alpha value is -18.5. The van der Waals surface area contributed by atoms with E-state index in [9.17, 15) is 64.4 Å². The van der Waals surface area contributed by atoms with Crippen LogP contribution in [0.2, 0.25) is 5.02 Å². The third kappa shape index (κ3) is 25.8. The van der Waals surface area contributed by atoms with Crippen LogP contribution in [0.25, 0.3) is 53.9 Å². The van der Waals surface area contributed by atoms with Crippen LogP contribution in [0.1, 0.15) is 51.3 Å². The molecule has 15 aromatic rings. The first-order chi connectivity index (χ1) is 65.1. The molecule has 15 rings (SSSR count). The summed E-state index contributed by atoms with van der Waals surface area (Å²) in [6.07, 6.45) is 0. The number of rotatable bonds is 24. The van der Waals surface area contributed by atoms with Gasteiger partial charge in [-0.2, -0.15) is 15.3 Å². The normalized spacial score (nSPS) is 10.9. The molecule has 0 bridgehead atoms. The Balaban J connectivity index is 0.000000163. The minimum atomic E-state index is -0.785. The van der Waals surface area contributed by atoms with Crippen molar-refractivity contribution in [1.29, 1.82) is 0 Å². The minimum Gasteiger partial charge on any atom is -0.421 e. The van der Waals surface area contributed by atoms with E-state index in [1.165, 1.54) is 61.0 Å². The molecule has 33 heteroatoms. The van der Waals surface area contributed by atoms with Gasteiger partial charge in [-0.25, -0.2) is 24.0 Å². The van der Waals surface area contributed by atoms with Crippen LogP contribution in [0.3, 0.4) is 0 Å². The van der Waals surface area contributed by atoms with Gasteiger partial charge in [-0.3, -0.25) is 40.5 Å². The Morgan fingerprint density at radius 2 is 0.544 bits per heavy atom. The van der Waals surface area contributed by atoms with E-state index in [2.05, 4.69) is 90.1 Å². The largest absolute Gasteiger partial charge is 0.421 e. The summed E-state index contributed by atoms with van der Waals surface area (Å²) >= 11 is 6.07. The molecule has 15 aromatic carbocycles. The molecule has 0 aromatic heterocycles. The van der Waals surface area contributed by atoms with Crippen molar-refractivity contribution < 1.29 is 67.4 Å². The number of azo groups is 5. The summed E-state index contributed by atoms with van der Waals surface area (Å²) in [6.45, 7) is 31.7. The zero-order chi connectivity index (χ0) is 98.0. The number of nitro benzene ring substituents is 4. The Kier molecular flexibility index (Phi) is 33.0. The molecule has 0 saturated carbocycles. The maximum absolute atomic E-state index is 12.0. The Morgan fingerprint density at radius 3 is 0.853 bits per heavy atom. The number of hydrogen-bond acceptors (Lipinski definition) is 28. The van der Waals surface area contributed by atoms with E-state index < -0.39 is 60.9 Å². The smallest absolute Gasteiger partial charge is 0.338 e. The lowest BCUT2D eigenvalue weighted by molar-refractivity contribution is -0.393. The molecule has 0 amide bonds. The lowest BCUT2D eigenvalue weighted by atomic mass is 10.1. The molecule has 0 atom stereocenters. The molecular formula is C103H81ClN14O18. The van der Waals surface area contributed by atoms with Gasteiger partial charge in [-0.15, -0.1) is 35.8 Å². The lowest BCUT2D eigenvalue weighted by Crippen LogP contribution is -2.08. The van der Waals surface area contributed by atoms with Crippen molar-refractivity contribution >= 4 is 175 Å². The molecule has 0 saturated heterocycles. The average molecular weight is 1840 g/mol. The molecule has 136 heavy (non-hydrogen) atoms. The number of hydrogen-bond donors (Lipinski definition) is 0. The summed E-state index contributed by atoms with van der Waals surface area (Å²) in [6, 6.07) is 81.2. The van der Waals surface area contributed by atoms with Gasteiger partial charge in [0, 0.05) is 85.1 Å². The number of esters is 5. The van der Waals surface area contributed by atoms with E-state index in [-0.39, 0.29) is 67.4 Å². The van der Waals surface area contributed by atoms with E-state index in [4.69, 9.17) is 35.3 Å². The van der Waals surface area contributed by atoms with Crippen molar-refractivity contribution in [2.45, 2.75) is 55.4 Å². The summed E-state index contributed by atoms with van der Waals surface area (Å²) in [7, 11) is 0. The van der Waals surface area contributed by atoms with Crippen LogP contribution >= 0.6 is 11.6 Å². The summed E-state index contributed by atoms with van der Waals surface area (Å²) < 4.78 is 27.0. The first kappa shape index (κ1) is 98.1. The standard InChI is InChI=1S/C22H20N2O2.C21H18N2O2.C20H14ClN3O4.C20H14N4O6.C20H15N3O4/c1-14(2)22(25)26-20-12-10-17-7-5-6-8-18(17)21(20)24-23-19-11-9-15(3)13-16(19)4;1-14(2)21(24)25-19-13-12-16-9-5-6-10-17(16)20(19)23-22-18-11-7-4-8-15(18)3;1-12(2)20(25)28-18-10-7-13-5-3-4-6-15(13)19(18)23-22-17-9-8-14(24(26)27)11-16(17)21;1-12(2)20(25)30-18-10-7-13-5-3-4-6-15(13)19(18)22-21-16-9-8-14(23(26)27)11-17(16)24(28)29;1-13(2)20(24)27-18-12-7-14-5-3-4-6-17(14)19(18)22-21-15-8-10-16(11-9-15)23(25)26/h5-13H,1H2,2-4H3;4-13H,1H2,2-3H3;3-11H,1H2,2H3;3-11H,1H2,2H3;3-12H,1H2,2H3. The number of nitrogens with zero attached hydrogens (tertiary/aromatic N) is 14. The van der Waals surface area contributed by atoms with Gasteiger partial charge in [-0.05, 0) is 160 Å². The molecule has 32 nitrogen and oxygen atoms in total. The Labute approximate surface area is 781 Å². The van der Waals surface area contributed by atoms with Crippen molar-refractivity contribution in [3.63, 3.8) is 0 Å². The third-order valence-electron chi connectivity index (χ3n) is 19.4. The van der Waals surface area contributed by atoms with Crippen LogP contribution in [0.15, 0.2) is 397 Å². The van der Waals surface area contributed by atoms with Gasteiger partial charge >= 0.3 is 35.5 Å². The van der Waals surface area contributed by atoms with E-state index in [1.54, 1.807) is 76.2 Å². The van der Waals surface area contributed by atoms with Crippen LogP contribution < -0.4 is 23.7 Å². The molecule has 0 fully saturated rings. The molecule has 0 aliphatic rings. The SMILES string of the molecule is C=C(C)C(=O)Oc1ccc2ccccc2c1N=Nc1ccc(C)cc1C.C=C(C)C(=O)Oc1ccc2ccccc2c1N=Nc1ccc([N+](=O)[O-])cc1.C=C(C)C(=O)Oc1ccc2ccccc2c1N=Nc1ccc([N+](=O)[O-])cc1Cl.C=C(C)C(=O)Oc1ccc2ccccc2c1N=Nc1ccc([N+](=O)[O-])cc1[N+](=O)[O-].C=C(C)C(=O)Oc1ccc2ccccc2c1N=Nc1ccccc1C. The number of nitro groups is 4. The van der Waals surface area contributed by atoms with Gasteiger partial charge < -0.3 is 23.7 Å². The zero-order valence-corrected chi connectivity index (χ0v) is 74.9. The highest BCUT2D eigenvalue weighted by atomic mass is 35.5. The van der Waals surface area contributed by atoms with Crippen LogP contribution in [-0.4, -0.2) is 49.5 Å². The number of carbonyl (C=O) groups is 5. The van der Waals surface area contributed by atoms with Crippen molar-refractivity contribution in [2.75, 3.05) is 0 Å². The zero-order valence-electron chi connectivity index (χ0n) is 74.2. The van der Waals surface area contributed by atoms with Gasteiger partial charge in [0.2, 0.25) is 0 Å². The topological polar surface area (TPSA) is 428 Å². The second-order valence-electron chi connectivity index (χ2n) is 29.9. The predicted octanol–water partition coefficient (Wildman–Crippen LogP) is 29.9. The molecule has 0 spiro atoms. The van der Waals surface area contributed by atoms with E-state index in [0.29, 0.717) is 56.5 Å². The fourth-order valence-corrected chi connectivity index (χ4v) is 12.6. The summed E-state index contributed by atoms with van der Waals surface area (Å²) in [5, 5.41) is 94.4. The summed E-state index contributed by atoms with van der Waals surface area (Å²) in [5.41, 5.74) is 7.37.